The summed E-state index contributed by atoms with van der Waals surface area (Å²) < 4.78 is 7.19. The van der Waals surface area contributed by atoms with Gasteiger partial charge in [0.1, 0.15) is 36.3 Å². The van der Waals surface area contributed by atoms with Crippen LogP contribution in [0.3, 0.4) is 0 Å². The molecule has 142 valence electrons. The number of carbonyl (C=O) groups is 1. The number of ketones is 1. The van der Waals surface area contributed by atoms with E-state index >= 15 is 0 Å². The number of allylic oxidation sites excluding steroid dienone is 1. The zero-order valence-corrected chi connectivity index (χ0v) is 15.2. The maximum atomic E-state index is 13.2. The Labute approximate surface area is 161 Å². The highest BCUT2D eigenvalue weighted by molar-refractivity contribution is 5.98. The summed E-state index contributed by atoms with van der Waals surface area (Å²) >= 11 is 0. The molecule has 2 aromatic heterocycles. The van der Waals surface area contributed by atoms with E-state index in [2.05, 4.69) is 21.5 Å². The van der Waals surface area contributed by atoms with Crippen LogP contribution < -0.4 is 5.32 Å². The highest BCUT2D eigenvalue weighted by Gasteiger charge is 2.45. The predicted octanol–water partition coefficient (Wildman–Crippen LogP) is 1.84. The molecule has 0 amide bonds. The number of furan rings is 1. The third-order valence-corrected chi connectivity index (χ3v) is 5.79. The average molecular weight is 377 g/mol. The highest BCUT2D eigenvalue weighted by atomic mass is 16.3. The van der Waals surface area contributed by atoms with Gasteiger partial charge in [-0.15, -0.1) is 0 Å². The SMILES string of the molecule is O=C1CC(c2ccco2)[C@H](n2cncn2)C(O)=C1[C@H]1[NH2+]CCc2ccccc21. The number of aromatic nitrogens is 3. The van der Waals surface area contributed by atoms with E-state index in [9.17, 15) is 9.90 Å². The standard InChI is InChI=1S/C21H20N4O3/c26-16-10-15(17-6-3-9-28-17)20(25-12-22-11-24-25)21(27)18(16)19-14-5-2-1-4-13(14)7-8-23-19/h1-6,9,11-12,15,19-20,23,27H,7-8,10H2/p+1/t15?,19-,20-/m0/s1. The van der Waals surface area contributed by atoms with Crippen molar-refractivity contribution in [2.45, 2.75) is 30.8 Å². The second kappa shape index (κ2) is 6.76. The van der Waals surface area contributed by atoms with Crippen molar-refractivity contribution in [1.82, 2.24) is 14.8 Å². The molecule has 28 heavy (non-hydrogen) atoms. The molecule has 3 N–H and O–H groups in total. The van der Waals surface area contributed by atoms with Crippen LogP contribution in [0.15, 0.2) is 71.1 Å². The normalized spacial score (nSPS) is 25.0. The van der Waals surface area contributed by atoms with Crippen molar-refractivity contribution in [2.75, 3.05) is 6.54 Å². The molecule has 0 radical (unpaired) electrons. The molecule has 5 rings (SSSR count). The summed E-state index contributed by atoms with van der Waals surface area (Å²) in [6.07, 6.45) is 5.80. The third-order valence-electron chi connectivity index (χ3n) is 5.79. The Kier molecular flexibility index (Phi) is 4.09. The number of benzene rings is 1. The lowest BCUT2D eigenvalue weighted by atomic mass is 9.76. The molecule has 0 saturated heterocycles. The number of nitrogens with two attached hydrogens (primary N) is 1. The fourth-order valence-electron chi connectivity index (χ4n) is 4.55. The van der Waals surface area contributed by atoms with Crippen molar-refractivity contribution < 1.29 is 19.6 Å². The predicted molar refractivity (Wildman–Crippen MR) is 99.5 cm³/mol. The molecule has 1 aliphatic carbocycles. The maximum Gasteiger partial charge on any atom is 0.169 e. The first-order valence-electron chi connectivity index (χ1n) is 9.49. The smallest absolute Gasteiger partial charge is 0.169 e. The van der Waals surface area contributed by atoms with E-state index in [1.165, 1.54) is 11.9 Å². The van der Waals surface area contributed by atoms with Crippen LogP contribution in [0.4, 0.5) is 0 Å². The summed E-state index contributed by atoms with van der Waals surface area (Å²) in [4.78, 5) is 17.2. The molecule has 0 spiro atoms. The highest BCUT2D eigenvalue weighted by Crippen LogP contribution is 2.44. The molecule has 0 bridgehead atoms. The van der Waals surface area contributed by atoms with Gasteiger partial charge in [-0.3, -0.25) is 4.79 Å². The number of aliphatic hydroxyl groups is 1. The van der Waals surface area contributed by atoms with Crippen LogP contribution >= 0.6 is 0 Å². The number of hydrogen-bond donors (Lipinski definition) is 2. The number of nitrogens with zero attached hydrogens (tertiary/aromatic N) is 3. The van der Waals surface area contributed by atoms with Gasteiger partial charge in [0, 0.05) is 18.4 Å². The summed E-state index contributed by atoms with van der Waals surface area (Å²) in [6.45, 7) is 0.876. The molecule has 0 saturated carbocycles. The van der Waals surface area contributed by atoms with E-state index in [1.807, 2.05) is 24.3 Å². The van der Waals surface area contributed by atoms with Crippen LogP contribution in [0.2, 0.25) is 0 Å². The third kappa shape index (κ3) is 2.66. The molecular formula is C21H21N4O3+. The van der Waals surface area contributed by atoms with E-state index in [-0.39, 0.29) is 29.9 Å². The Hall–Kier alpha value is -3.19. The number of aliphatic hydroxyl groups excluding tert-OH is 1. The Bertz CT molecular complexity index is 1020. The molecule has 3 aromatic rings. The minimum absolute atomic E-state index is 0.0479. The van der Waals surface area contributed by atoms with Crippen LogP contribution in [0.5, 0.6) is 0 Å². The van der Waals surface area contributed by atoms with Gasteiger partial charge in [0.15, 0.2) is 5.78 Å². The molecule has 2 aliphatic rings. The van der Waals surface area contributed by atoms with Crippen molar-refractivity contribution in [2.24, 2.45) is 0 Å². The zero-order valence-electron chi connectivity index (χ0n) is 15.2. The Balaban J connectivity index is 1.65. The summed E-state index contributed by atoms with van der Waals surface area (Å²) in [6, 6.07) is 11.0. The van der Waals surface area contributed by atoms with E-state index in [0.29, 0.717) is 11.3 Å². The first-order chi connectivity index (χ1) is 13.7. The molecule has 1 aliphatic heterocycles. The van der Waals surface area contributed by atoms with Crippen molar-refractivity contribution >= 4 is 5.78 Å². The van der Waals surface area contributed by atoms with Crippen molar-refractivity contribution in [1.29, 1.82) is 0 Å². The number of quaternary nitrogens is 1. The minimum Gasteiger partial charge on any atom is -0.509 e. The van der Waals surface area contributed by atoms with Crippen molar-refractivity contribution in [3.63, 3.8) is 0 Å². The summed E-state index contributed by atoms with van der Waals surface area (Å²) in [7, 11) is 0. The van der Waals surface area contributed by atoms with Gasteiger partial charge >= 0.3 is 0 Å². The van der Waals surface area contributed by atoms with Gasteiger partial charge in [-0.2, -0.15) is 5.10 Å². The fourth-order valence-corrected chi connectivity index (χ4v) is 4.55. The average Bonchev–Trinajstić information content (AvgIpc) is 3.42. The molecule has 7 heteroatoms. The molecule has 7 nitrogen and oxygen atoms in total. The Morgan fingerprint density at radius 3 is 2.89 bits per heavy atom. The van der Waals surface area contributed by atoms with Crippen LogP contribution in [0.1, 0.15) is 41.3 Å². The second-order valence-corrected chi connectivity index (χ2v) is 7.32. The van der Waals surface area contributed by atoms with E-state index < -0.39 is 6.04 Å². The van der Waals surface area contributed by atoms with Crippen LogP contribution in [0, 0.1) is 0 Å². The van der Waals surface area contributed by atoms with Gasteiger partial charge in [0.2, 0.25) is 0 Å². The first-order valence-corrected chi connectivity index (χ1v) is 9.49. The van der Waals surface area contributed by atoms with Gasteiger partial charge in [0.25, 0.3) is 0 Å². The van der Waals surface area contributed by atoms with E-state index in [1.54, 1.807) is 23.3 Å². The van der Waals surface area contributed by atoms with Crippen LogP contribution in [0.25, 0.3) is 0 Å². The number of hydrogen-bond acceptors (Lipinski definition) is 5. The monoisotopic (exact) mass is 377 g/mol. The second-order valence-electron chi connectivity index (χ2n) is 7.32. The number of Topliss-reactive ketones (excluding diaryl/α,β-unsaturated/α-hetero) is 1. The molecule has 3 atom stereocenters. The number of fused-ring (bicyclic) bond motifs is 1. The number of rotatable bonds is 3. The van der Waals surface area contributed by atoms with Crippen LogP contribution in [-0.2, 0) is 11.2 Å². The Morgan fingerprint density at radius 1 is 1.21 bits per heavy atom. The molecular weight excluding hydrogens is 356 g/mol. The lowest BCUT2D eigenvalue weighted by molar-refractivity contribution is -0.690. The first kappa shape index (κ1) is 16.9. The summed E-state index contributed by atoms with van der Waals surface area (Å²) in [5.74, 6) is 0.341. The molecule has 1 unspecified atom stereocenters. The quantitative estimate of drug-likeness (QED) is 0.726. The topological polar surface area (TPSA) is 97.8 Å². The molecule has 3 heterocycles. The van der Waals surface area contributed by atoms with E-state index in [0.717, 1.165) is 18.5 Å². The fraction of sp³-hybridized carbons (Fsp3) is 0.286. The van der Waals surface area contributed by atoms with Crippen LogP contribution in [-0.4, -0.2) is 32.2 Å². The van der Waals surface area contributed by atoms with Crippen molar-refractivity contribution in [3.8, 4) is 0 Å². The lowest BCUT2D eigenvalue weighted by Crippen LogP contribution is -2.88. The largest absolute Gasteiger partial charge is 0.509 e. The summed E-state index contributed by atoms with van der Waals surface area (Å²) in [5, 5.41) is 17.7. The van der Waals surface area contributed by atoms with Gasteiger partial charge in [-0.05, 0) is 17.7 Å². The van der Waals surface area contributed by atoms with Gasteiger partial charge < -0.3 is 14.8 Å². The van der Waals surface area contributed by atoms with Crippen molar-refractivity contribution in [3.05, 3.63) is 83.5 Å². The molecule has 0 fully saturated rings. The van der Waals surface area contributed by atoms with Gasteiger partial charge in [0.05, 0.1) is 24.3 Å². The minimum atomic E-state index is -0.524. The lowest BCUT2D eigenvalue weighted by Gasteiger charge is -2.34. The zero-order chi connectivity index (χ0) is 19.1. The van der Waals surface area contributed by atoms with Gasteiger partial charge in [-0.25, -0.2) is 9.67 Å². The maximum absolute atomic E-state index is 13.2. The summed E-state index contributed by atoms with van der Waals surface area (Å²) in [5.41, 5.74) is 2.79. The number of carbonyl (C=O) groups excluding carboxylic acids is 1. The van der Waals surface area contributed by atoms with Gasteiger partial charge in [-0.1, -0.05) is 24.3 Å². The van der Waals surface area contributed by atoms with E-state index in [4.69, 9.17) is 4.42 Å². The Morgan fingerprint density at radius 2 is 2.11 bits per heavy atom. The molecule has 1 aromatic carbocycles.